The van der Waals surface area contributed by atoms with E-state index in [-0.39, 0.29) is 5.41 Å². The van der Waals surface area contributed by atoms with Crippen molar-refractivity contribution in [1.82, 2.24) is 0 Å². The summed E-state index contributed by atoms with van der Waals surface area (Å²) in [5.74, 6) is 0. The highest BCUT2D eigenvalue weighted by Gasteiger charge is 2.38. The van der Waals surface area contributed by atoms with Crippen molar-refractivity contribution < 1.29 is 8.83 Å². The third kappa shape index (κ3) is 3.61. The average Bonchev–Trinajstić information content (AvgIpc) is 3.79. The molecule has 2 aromatic heterocycles. The molecular formula is C47H30O2. The summed E-state index contributed by atoms with van der Waals surface area (Å²) in [7, 11) is 0. The number of benzene rings is 8. The Hall–Kier alpha value is -6.12. The van der Waals surface area contributed by atoms with E-state index in [9.17, 15) is 0 Å². The maximum Gasteiger partial charge on any atom is 0.143 e. The Labute approximate surface area is 282 Å². The van der Waals surface area contributed by atoms with Gasteiger partial charge in [-0.1, -0.05) is 123 Å². The zero-order valence-corrected chi connectivity index (χ0v) is 27.2. The molecule has 0 bridgehead atoms. The van der Waals surface area contributed by atoms with Crippen LogP contribution >= 0.6 is 0 Å². The third-order valence-corrected chi connectivity index (χ3v) is 11.0. The van der Waals surface area contributed by atoms with Gasteiger partial charge in [-0.15, -0.1) is 0 Å². The van der Waals surface area contributed by atoms with E-state index in [1.54, 1.807) is 0 Å². The fourth-order valence-electron chi connectivity index (χ4n) is 8.78. The lowest BCUT2D eigenvalue weighted by molar-refractivity contribution is 0.666. The molecule has 2 heterocycles. The number of para-hydroxylation sites is 1. The van der Waals surface area contributed by atoms with E-state index in [4.69, 9.17) is 8.83 Å². The van der Waals surface area contributed by atoms with Crippen molar-refractivity contribution in [2.75, 3.05) is 0 Å². The Kier molecular flexibility index (Phi) is 5.21. The summed E-state index contributed by atoms with van der Waals surface area (Å²) in [6.07, 6.45) is 0. The van der Waals surface area contributed by atoms with Gasteiger partial charge in [0.1, 0.15) is 22.3 Å². The molecule has 0 amide bonds. The maximum atomic E-state index is 6.55. The molecule has 1 aliphatic carbocycles. The van der Waals surface area contributed by atoms with Crippen molar-refractivity contribution in [1.29, 1.82) is 0 Å². The van der Waals surface area contributed by atoms with Gasteiger partial charge in [-0.3, -0.25) is 0 Å². The standard InChI is InChI=1S/C47H30O2/c1-47(2)39-26-30(32-14-8-16-42-44(32)37-23-17-27-9-3-4-11-33(27)46(37)49-42)19-21-34(39)36-22-18-28-10-7-13-31(43(28)45(36)47)29-20-24-41-38(25-29)35-12-5-6-15-40(35)48-41/h3-26H,1-2H3. The largest absolute Gasteiger partial charge is 0.456 e. The van der Waals surface area contributed by atoms with Gasteiger partial charge in [0.15, 0.2) is 0 Å². The molecule has 230 valence electrons. The summed E-state index contributed by atoms with van der Waals surface area (Å²) < 4.78 is 12.7. The van der Waals surface area contributed by atoms with Crippen LogP contribution in [0.25, 0.3) is 98.8 Å². The first-order valence-electron chi connectivity index (χ1n) is 17.0. The van der Waals surface area contributed by atoms with Gasteiger partial charge in [0.25, 0.3) is 0 Å². The third-order valence-electron chi connectivity index (χ3n) is 11.0. The second kappa shape index (κ2) is 9.49. The highest BCUT2D eigenvalue weighted by atomic mass is 16.3. The van der Waals surface area contributed by atoms with E-state index in [1.165, 1.54) is 66.1 Å². The Morgan fingerprint density at radius 1 is 0.408 bits per heavy atom. The molecule has 11 rings (SSSR count). The molecule has 0 unspecified atom stereocenters. The van der Waals surface area contributed by atoms with Crippen molar-refractivity contribution in [2.45, 2.75) is 19.3 Å². The number of hydrogen-bond acceptors (Lipinski definition) is 2. The molecule has 0 saturated heterocycles. The van der Waals surface area contributed by atoms with Crippen molar-refractivity contribution >= 4 is 65.4 Å². The molecule has 0 radical (unpaired) electrons. The summed E-state index contributed by atoms with van der Waals surface area (Å²) in [6, 6.07) is 52.7. The van der Waals surface area contributed by atoms with Gasteiger partial charge in [0.05, 0.1) is 0 Å². The summed E-state index contributed by atoms with van der Waals surface area (Å²) >= 11 is 0. The number of fused-ring (bicyclic) bond motifs is 13. The topological polar surface area (TPSA) is 26.3 Å². The van der Waals surface area contributed by atoms with Crippen LogP contribution in [-0.2, 0) is 5.41 Å². The molecule has 0 N–H and O–H groups in total. The lowest BCUT2D eigenvalue weighted by Gasteiger charge is -2.25. The molecule has 10 aromatic rings. The highest BCUT2D eigenvalue weighted by molar-refractivity contribution is 6.19. The number of hydrogen-bond donors (Lipinski definition) is 0. The normalized spacial score (nSPS) is 13.7. The zero-order valence-electron chi connectivity index (χ0n) is 27.2. The predicted molar refractivity (Wildman–Crippen MR) is 204 cm³/mol. The first-order valence-corrected chi connectivity index (χ1v) is 17.0. The first kappa shape index (κ1) is 26.9. The van der Waals surface area contributed by atoms with Crippen LogP contribution in [0.5, 0.6) is 0 Å². The van der Waals surface area contributed by atoms with E-state index < -0.39 is 0 Å². The lowest BCUT2D eigenvalue weighted by atomic mass is 9.78. The van der Waals surface area contributed by atoms with Gasteiger partial charge in [-0.05, 0) is 97.1 Å². The summed E-state index contributed by atoms with van der Waals surface area (Å²) in [6.45, 7) is 4.79. The molecule has 0 atom stereocenters. The smallest absolute Gasteiger partial charge is 0.143 e. The van der Waals surface area contributed by atoms with Crippen LogP contribution in [0.15, 0.2) is 154 Å². The van der Waals surface area contributed by atoms with Gasteiger partial charge in [0, 0.05) is 32.3 Å². The minimum atomic E-state index is -0.217. The SMILES string of the molecule is CC1(C)c2cc(-c3cccc4oc5c6ccccc6ccc5c34)ccc2-c2ccc3cccc(-c4ccc5oc6ccccc6c5c4)c3c21. The highest BCUT2D eigenvalue weighted by Crippen LogP contribution is 2.54. The molecule has 2 nitrogen and oxygen atoms in total. The molecular weight excluding hydrogens is 597 g/mol. The molecule has 0 spiro atoms. The summed E-state index contributed by atoms with van der Waals surface area (Å²) in [4.78, 5) is 0. The molecule has 2 heteroatoms. The van der Waals surface area contributed by atoms with Crippen LogP contribution in [0.2, 0.25) is 0 Å². The molecule has 0 aliphatic heterocycles. The first-order chi connectivity index (χ1) is 24.0. The van der Waals surface area contributed by atoms with Crippen molar-refractivity contribution in [2.24, 2.45) is 0 Å². The predicted octanol–water partition coefficient (Wildman–Crippen LogP) is 13.4. The second-order valence-corrected chi connectivity index (χ2v) is 14.0. The monoisotopic (exact) mass is 626 g/mol. The van der Waals surface area contributed by atoms with Crippen LogP contribution in [0.3, 0.4) is 0 Å². The fourth-order valence-corrected chi connectivity index (χ4v) is 8.78. The summed E-state index contributed by atoms with van der Waals surface area (Å²) in [5, 5.41) is 9.56. The number of furan rings is 2. The van der Waals surface area contributed by atoms with Crippen LogP contribution < -0.4 is 0 Å². The van der Waals surface area contributed by atoms with Crippen molar-refractivity contribution in [3.05, 3.63) is 157 Å². The fraction of sp³-hybridized carbons (Fsp3) is 0.0638. The maximum absolute atomic E-state index is 6.55. The molecule has 8 aromatic carbocycles. The zero-order chi connectivity index (χ0) is 32.4. The second-order valence-electron chi connectivity index (χ2n) is 14.0. The molecule has 49 heavy (non-hydrogen) atoms. The van der Waals surface area contributed by atoms with E-state index >= 15 is 0 Å². The van der Waals surface area contributed by atoms with E-state index in [0.29, 0.717) is 0 Å². The van der Waals surface area contributed by atoms with Gasteiger partial charge < -0.3 is 8.83 Å². The van der Waals surface area contributed by atoms with E-state index in [2.05, 4.69) is 147 Å². The molecule has 0 saturated carbocycles. The van der Waals surface area contributed by atoms with Crippen LogP contribution in [0.1, 0.15) is 25.0 Å². The Morgan fingerprint density at radius 2 is 1.08 bits per heavy atom. The lowest BCUT2D eigenvalue weighted by Crippen LogP contribution is -2.16. The van der Waals surface area contributed by atoms with E-state index in [1.807, 2.05) is 12.1 Å². The van der Waals surface area contributed by atoms with E-state index in [0.717, 1.165) is 43.9 Å². The minimum absolute atomic E-state index is 0.217. The van der Waals surface area contributed by atoms with Gasteiger partial charge in [-0.25, -0.2) is 0 Å². The van der Waals surface area contributed by atoms with Gasteiger partial charge >= 0.3 is 0 Å². The summed E-state index contributed by atoms with van der Waals surface area (Å²) in [5.41, 5.74) is 13.8. The van der Waals surface area contributed by atoms with Gasteiger partial charge in [0.2, 0.25) is 0 Å². The number of rotatable bonds is 2. The van der Waals surface area contributed by atoms with Crippen LogP contribution in [0, 0.1) is 0 Å². The van der Waals surface area contributed by atoms with Gasteiger partial charge in [-0.2, -0.15) is 0 Å². The van der Waals surface area contributed by atoms with Crippen LogP contribution in [0.4, 0.5) is 0 Å². The van der Waals surface area contributed by atoms with Crippen molar-refractivity contribution in [3.63, 3.8) is 0 Å². The van der Waals surface area contributed by atoms with Crippen molar-refractivity contribution in [3.8, 4) is 33.4 Å². The Bertz CT molecular complexity index is 3020. The quantitative estimate of drug-likeness (QED) is 0.191. The molecule has 0 fully saturated rings. The van der Waals surface area contributed by atoms with Crippen LogP contribution in [-0.4, -0.2) is 0 Å². The molecule has 1 aliphatic rings. The Balaban J connectivity index is 1.11. The average molecular weight is 627 g/mol. The minimum Gasteiger partial charge on any atom is -0.456 e. The Morgan fingerprint density at radius 3 is 2.00 bits per heavy atom.